The third-order valence-corrected chi connectivity index (χ3v) is 5.00. The van der Waals surface area contributed by atoms with Crippen LogP contribution in [0.2, 0.25) is 0 Å². The zero-order valence-electron chi connectivity index (χ0n) is 17.9. The Kier molecular flexibility index (Phi) is 7.10. The van der Waals surface area contributed by atoms with Crippen molar-refractivity contribution in [2.24, 2.45) is 0 Å². The molecule has 0 saturated carbocycles. The average Bonchev–Trinajstić information content (AvgIpc) is 3.17. The fourth-order valence-electron chi connectivity index (χ4n) is 3.27. The number of rotatable bonds is 7. The predicted octanol–water partition coefficient (Wildman–Crippen LogP) is 3.22. The van der Waals surface area contributed by atoms with Gasteiger partial charge < -0.3 is 18.9 Å². The molecule has 0 radical (unpaired) electrons. The maximum atomic E-state index is 12.9. The van der Waals surface area contributed by atoms with Gasteiger partial charge in [-0.2, -0.15) is 0 Å². The normalized spacial score (nSPS) is 19.3. The smallest absolute Gasteiger partial charge is 0.340 e. The highest BCUT2D eigenvalue weighted by Gasteiger charge is 2.49. The van der Waals surface area contributed by atoms with E-state index in [4.69, 9.17) is 18.9 Å². The largest absolute Gasteiger partial charge is 0.459 e. The van der Waals surface area contributed by atoms with Crippen LogP contribution < -0.4 is 0 Å². The Morgan fingerprint density at radius 1 is 0.647 bits per heavy atom. The van der Waals surface area contributed by atoms with E-state index < -0.39 is 48.8 Å². The molecule has 34 heavy (non-hydrogen) atoms. The average molecular weight is 460 g/mol. The van der Waals surface area contributed by atoms with E-state index >= 15 is 0 Å². The third-order valence-electron chi connectivity index (χ3n) is 5.00. The zero-order chi connectivity index (χ0) is 23.9. The Morgan fingerprint density at radius 3 is 1.59 bits per heavy atom. The van der Waals surface area contributed by atoms with Gasteiger partial charge in [-0.25, -0.2) is 14.4 Å². The summed E-state index contributed by atoms with van der Waals surface area (Å²) in [6, 6.07) is 24.4. The van der Waals surface area contributed by atoms with Gasteiger partial charge in [-0.3, -0.25) is 4.79 Å². The van der Waals surface area contributed by atoms with Crippen LogP contribution in [0.1, 0.15) is 31.1 Å². The number of Topliss-reactive ketones (excluding diaryl/α,β-unsaturated/α-hetero) is 1. The molecule has 1 saturated heterocycles. The molecule has 3 atom stereocenters. The molecule has 0 unspecified atom stereocenters. The Bertz CT molecular complexity index is 1160. The quantitative estimate of drug-likeness (QED) is 0.391. The number of carbonyl (C=O) groups excluding carboxylic acids is 4. The van der Waals surface area contributed by atoms with Gasteiger partial charge in [0.1, 0.15) is 12.7 Å². The predicted molar refractivity (Wildman–Crippen MR) is 118 cm³/mol. The van der Waals surface area contributed by atoms with E-state index in [1.165, 1.54) is 24.3 Å². The van der Waals surface area contributed by atoms with Crippen LogP contribution in [0.15, 0.2) is 91.0 Å². The second-order valence-electron chi connectivity index (χ2n) is 7.34. The van der Waals surface area contributed by atoms with Crippen LogP contribution in [-0.2, 0) is 23.7 Å². The van der Waals surface area contributed by atoms with E-state index in [9.17, 15) is 19.2 Å². The zero-order valence-corrected chi connectivity index (χ0v) is 17.9. The highest BCUT2D eigenvalue weighted by molar-refractivity contribution is 5.97. The summed E-state index contributed by atoms with van der Waals surface area (Å²) in [4.78, 5) is 50.2. The van der Waals surface area contributed by atoms with Crippen molar-refractivity contribution in [2.45, 2.75) is 18.5 Å². The van der Waals surface area contributed by atoms with Crippen LogP contribution in [0.4, 0.5) is 0 Å². The van der Waals surface area contributed by atoms with Crippen LogP contribution in [0.5, 0.6) is 0 Å². The van der Waals surface area contributed by atoms with Crippen molar-refractivity contribution in [1.29, 1.82) is 0 Å². The lowest BCUT2D eigenvalue weighted by molar-refractivity contribution is -0.147. The first kappa shape index (κ1) is 22.9. The number of benzene rings is 3. The maximum absolute atomic E-state index is 12.9. The summed E-state index contributed by atoms with van der Waals surface area (Å²) in [6.45, 7) is -0.397. The van der Waals surface area contributed by atoms with E-state index in [0.717, 1.165) is 0 Å². The standard InChI is InChI=1S/C26H20O8/c27-21-22(33-24(29)18-12-6-2-7-13-18)20(16-31-23(28)17-10-4-1-5-11-17)32-26(21)34-25(30)19-14-8-3-9-15-19/h1-15,20,22,26H,16H2/t20-,22+,26+/m1/s1. The van der Waals surface area contributed by atoms with Crippen molar-refractivity contribution in [3.05, 3.63) is 108 Å². The summed E-state index contributed by atoms with van der Waals surface area (Å²) in [5.41, 5.74) is 0.743. The second-order valence-corrected chi connectivity index (χ2v) is 7.34. The van der Waals surface area contributed by atoms with Gasteiger partial charge in [0.15, 0.2) is 6.10 Å². The summed E-state index contributed by atoms with van der Waals surface area (Å²) in [5.74, 6) is -2.96. The fraction of sp³-hybridized carbons (Fsp3) is 0.154. The van der Waals surface area contributed by atoms with Crippen molar-refractivity contribution < 1.29 is 38.1 Å². The molecular weight excluding hydrogens is 440 g/mol. The van der Waals surface area contributed by atoms with Crippen LogP contribution in [0, 0.1) is 0 Å². The minimum absolute atomic E-state index is 0.218. The van der Waals surface area contributed by atoms with E-state index in [-0.39, 0.29) is 11.1 Å². The number of hydrogen-bond donors (Lipinski definition) is 0. The van der Waals surface area contributed by atoms with Crippen LogP contribution in [0.25, 0.3) is 0 Å². The fourth-order valence-corrected chi connectivity index (χ4v) is 3.27. The van der Waals surface area contributed by atoms with Crippen LogP contribution >= 0.6 is 0 Å². The van der Waals surface area contributed by atoms with Gasteiger partial charge in [-0.15, -0.1) is 0 Å². The highest BCUT2D eigenvalue weighted by Crippen LogP contribution is 2.24. The van der Waals surface area contributed by atoms with Gasteiger partial charge in [0.25, 0.3) is 6.29 Å². The van der Waals surface area contributed by atoms with Crippen molar-refractivity contribution in [3.63, 3.8) is 0 Å². The summed E-state index contributed by atoms with van der Waals surface area (Å²) < 4.78 is 21.4. The molecule has 1 heterocycles. The van der Waals surface area contributed by atoms with E-state index in [1.807, 2.05) is 0 Å². The van der Waals surface area contributed by atoms with Gasteiger partial charge in [0, 0.05) is 0 Å². The Hall–Kier alpha value is -4.30. The topological polar surface area (TPSA) is 105 Å². The minimum atomic E-state index is -1.62. The number of ketones is 1. The molecule has 3 aromatic rings. The molecule has 0 bridgehead atoms. The molecule has 172 valence electrons. The molecule has 8 heteroatoms. The van der Waals surface area contributed by atoms with Crippen LogP contribution in [0.3, 0.4) is 0 Å². The summed E-state index contributed by atoms with van der Waals surface area (Å²) in [6.07, 6.45) is -4.23. The molecule has 3 aromatic carbocycles. The summed E-state index contributed by atoms with van der Waals surface area (Å²) in [7, 11) is 0. The summed E-state index contributed by atoms with van der Waals surface area (Å²) >= 11 is 0. The van der Waals surface area contributed by atoms with E-state index in [1.54, 1.807) is 66.7 Å². The van der Waals surface area contributed by atoms with Crippen molar-refractivity contribution in [2.75, 3.05) is 6.61 Å². The number of esters is 3. The lowest BCUT2D eigenvalue weighted by Gasteiger charge is -2.17. The first-order valence-electron chi connectivity index (χ1n) is 10.5. The number of ether oxygens (including phenoxy) is 4. The molecule has 4 rings (SSSR count). The number of carbonyl (C=O) groups is 4. The molecule has 0 amide bonds. The Balaban J connectivity index is 1.48. The highest BCUT2D eigenvalue weighted by atomic mass is 16.7. The molecule has 0 N–H and O–H groups in total. The second kappa shape index (κ2) is 10.5. The molecule has 8 nitrogen and oxygen atoms in total. The molecule has 0 aromatic heterocycles. The van der Waals surface area contributed by atoms with Crippen molar-refractivity contribution in [3.8, 4) is 0 Å². The Labute approximate surface area is 195 Å². The first-order valence-corrected chi connectivity index (χ1v) is 10.5. The lowest BCUT2D eigenvalue weighted by Crippen LogP contribution is -2.36. The SMILES string of the molecule is O=C(OC[C@H]1O[C@@H](OC(=O)c2ccccc2)C(=O)[C@H]1OC(=O)c1ccccc1)c1ccccc1. The van der Waals surface area contributed by atoms with Crippen molar-refractivity contribution in [1.82, 2.24) is 0 Å². The summed E-state index contributed by atoms with van der Waals surface area (Å²) in [5, 5.41) is 0. The minimum Gasteiger partial charge on any atom is -0.459 e. The molecule has 1 aliphatic rings. The molecule has 1 aliphatic heterocycles. The van der Waals surface area contributed by atoms with E-state index in [2.05, 4.69) is 0 Å². The van der Waals surface area contributed by atoms with Gasteiger partial charge >= 0.3 is 17.9 Å². The lowest BCUT2D eigenvalue weighted by atomic mass is 10.1. The Morgan fingerprint density at radius 2 is 1.09 bits per heavy atom. The van der Waals surface area contributed by atoms with Gasteiger partial charge in [-0.1, -0.05) is 54.6 Å². The van der Waals surface area contributed by atoms with Gasteiger partial charge in [0.05, 0.1) is 16.7 Å². The van der Waals surface area contributed by atoms with Crippen LogP contribution in [-0.4, -0.2) is 48.8 Å². The van der Waals surface area contributed by atoms with E-state index in [0.29, 0.717) is 5.56 Å². The molecular formula is C26H20O8. The first-order chi connectivity index (χ1) is 16.5. The molecule has 0 aliphatic carbocycles. The molecule has 1 fully saturated rings. The maximum Gasteiger partial charge on any atom is 0.340 e. The monoisotopic (exact) mass is 460 g/mol. The number of hydrogen-bond acceptors (Lipinski definition) is 8. The molecule has 0 spiro atoms. The third kappa shape index (κ3) is 5.36. The van der Waals surface area contributed by atoms with Crippen molar-refractivity contribution >= 4 is 23.7 Å². The van der Waals surface area contributed by atoms with Gasteiger partial charge in [-0.05, 0) is 36.4 Å². The van der Waals surface area contributed by atoms with Gasteiger partial charge in [0.2, 0.25) is 5.78 Å².